The fourth-order valence-corrected chi connectivity index (χ4v) is 3.26. The molecule has 2 amide bonds. The minimum atomic E-state index is -0.573. The standard InChI is InChI=1S/C18H20N2O5/c1-10-13-3-2-12(21)8-15(13)25-18(24)14(10)9-16(22)20-6-4-11(5-7-20)17(19)23/h2-3,8,11,21H,4-7,9H2,1H3,(H2,19,23). The zero-order valence-electron chi connectivity index (χ0n) is 13.9. The summed E-state index contributed by atoms with van der Waals surface area (Å²) in [4.78, 5) is 37.6. The van der Waals surface area contributed by atoms with Gasteiger partial charge in [-0.15, -0.1) is 0 Å². The van der Waals surface area contributed by atoms with E-state index >= 15 is 0 Å². The van der Waals surface area contributed by atoms with Gasteiger partial charge in [-0.2, -0.15) is 0 Å². The van der Waals surface area contributed by atoms with Gasteiger partial charge in [0.05, 0.1) is 12.0 Å². The normalized spacial score (nSPS) is 15.5. The lowest BCUT2D eigenvalue weighted by molar-refractivity contribution is -0.134. The zero-order valence-corrected chi connectivity index (χ0v) is 13.9. The molecule has 0 spiro atoms. The van der Waals surface area contributed by atoms with Crippen molar-refractivity contribution in [2.45, 2.75) is 26.2 Å². The first-order valence-corrected chi connectivity index (χ1v) is 8.19. The summed E-state index contributed by atoms with van der Waals surface area (Å²) < 4.78 is 5.24. The van der Waals surface area contributed by atoms with Crippen molar-refractivity contribution in [3.8, 4) is 5.75 Å². The predicted molar refractivity (Wildman–Crippen MR) is 91.1 cm³/mol. The molecule has 0 bridgehead atoms. The largest absolute Gasteiger partial charge is 0.508 e. The number of carbonyl (C=O) groups is 2. The van der Waals surface area contributed by atoms with E-state index in [9.17, 15) is 19.5 Å². The molecule has 3 N–H and O–H groups in total. The second-order valence-electron chi connectivity index (χ2n) is 6.41. The molecule has 1 saturated heterocycles. The van der Waals surface area contributed by atoms with Crippen LogP contribution in [0.2, 0.25) is 0 Å². The number of primary amides is 1. The molecule has 1 aliphatic heterocycles. The molecule has 0 radical (unpaired) electrons. The summed E-state index contributed by atoms with van der Waals surface area (Å²) in [5.74, 6) is -0.682. The lowest BCUT2D eigenvalue weighted by Gasteiger charge is -2.30. The highest BCUT2D eigenvalue weighted by molar-refractivity contribution is 5.85. The van der Waals surface area contributed by atoms with Crippen LogP contribution >= 0.6 is 0 Å². The molecular weight excluding hydrogens is 324 g/mol. The van der Waals surface area contributed by atoms with E-state index in [-0.39, 0.29) is 29.9 Å². The molecule has 0 aliphatic carbocycles. The quantitative estimate of drug-likeness (QED) is 0.809. The van der Waals surface area contributed by atoms with Gasteiger partial charge < -0.3 is 20.2 Å². The van der Waals surface area contributed by atoms with Crippen molar-refractivity contribution in [3.63, 3.8) is 0 Å². The van der Waals surface area contributed by atoms with E-state index in [1.54, 1.807) is 17.9 Å². The average Bonchev–Trinajstić information content (AvgIpc) is 2.58. The molecule has 1 aliphatic rings. The smallest absolute Gasteiger partial charge is 0.340 e. The molecule has 0 atom stereocenters. The number of aromatic hydroxyl groups is 1. The molecule has 2 heterocycles. The van der Waals surface area contributed by atoms with Gasteiger partial charge in [-0.1, -0.05) is 0 Å². The summed E-state index contributed by atoms with van der Waals surface area (Å²) in [6, 6.07) is 4.55. The lowest BCUT2D eigenvalue weighted by Crippen LogP contribution is -2.42. The number of phenols is 1. The zero-order chi connectivity index (χ0) is 18.1. The van der Waals surface area contributed by atoms with Crippen LogP contribution in [0.15, 0.2) is 27.4 Å². The predicted octanol–water partition coefficient (Wildman–Crippen LogP) is 1.07. The maximum absolute atomic E-state index is 12.5. The third-order valence-corrected chi connectivity index (χ3v) is 4.85. The molecule has 25 heavy (non-hydrogen) atoms. The average molecular weight is 344 g/mol. The molecule has 132 valence electrons. The van der Waals surface area contributed by atoms with E-state index in [0.717, 1.165) is 0 Å². The second kappa shape index (κ2) is 6.58. The third-order valence-electron chi connectivity index (χ3n) is 4.85. The topological polar surface area (TPSA) is 114 Å². The number of nitrogens with two attached hydrogens (primary N) is 1. The summed E-state index contributed by atoms with van der Waals surface area (Å²) in [5.41, 5.74) is 6.01. The SMILES string of the molecule is Cc1c(CC(=O)N2CCC(C(N)=O)CC2)c(=O)oc2cc(O)ccc12. The highest BCUT2D eigenvalue weighted by Gasteiger charge is 2.27. The van der Waals surface area contributed by atoms with Crippen LogP contribution in [0.4, 0.5) is 0 Å². The number of hydrogen-bond donors (Lipinski definition) is 2. The van der Waals surface area contributed by atoms with E-state index in [0.29, 0.717) is 48.0 Å². The molecule has 0 unspecified atom stereocenters. The number of fused-ring (bicyclic) bond motifs is 1. The van der Waals surface area contributed by atoms with E-state index in [1.807, 2.05) is 0 Å². The van der Waals surface area contributed by atoms with Gasteiger partial charge in [0.1, 0.15) is 11.3 Å². The highest BCUT2D eigenvalue weighted by atomic mass is 16.4. The number of phenolic OH excluding ortho intramolecular Hbond substituents is 1. The van der Waals surface area contributed by atoms with E-state index in [1.165, 1.54) is 12.1 Å². The summed E-state index contributed by atoms with van der Waals surface area (Å²) in [6.07, 6.45) is 1.05. The number of rotatable bonds is 3. The Labute approximate surface area is 144 Å². The summed E-state index contributed by atoms with van der Waals surface area (Å²) >= 11 is 0. The maximum Gasteiger partial charge on any atom is 0.340 e. The van der Waals surface area contributed by atoms with Crippen LogP contribution in [0.1, 0.15) is 24.0 Å². The van der Waals surface area contributed by atoms with Crippen LogP contribution in [0.5, 0.6) is 5.75 Å². The van der Waals surface area contributed by atoms with Crippen LogP contribution < -0.4 is 11.4 Å². The molecule has 1 aromatic heterocycles. The van der Waals surface area contributed by atoms with Gasteiger partial charge >= 0.3 is 5.63 Å². The Hall–Kier alpha value is -2.83. The number of nitrogens with zero attached hydrogens (tertiary/aromatic N) is 1. The molecule has 1 aromatic carbocycles. The van der Waals surface area contributed by atoms with Crippen molar-refractivity contribution in [2.75, 3.05) is 13.1 Å². The van der Waals surface area contributed by atoms with Gasteiger partial charge in [0.25, 0.3) is 0 Å². The fraction of sp³-hybridized carbons (Fsp3) is 0.389. The highest BCUT2D eigenvalue weighted by Crippen LogP contribution is 2.24. The van der Waals surface area contributed by atoms with Crippen molar-refractivity contribution in [1.82, 2.24) is 4.90 Å². The van der Waals surface area contributed by atoms with Gasteiger partial charge in [0, 0.05) is 30.5 Å². The first kappa shape index (κ1) is 17.0. The van der Waals surface area contributed by atoms with Crippen LogP contribution in [-0.4, -0.2) is 34.9 Å². The fourth-order valence-electron chi connectivity index (χ4n) is 3.26. The number of hydrogen-bond acceptors (Lipinski definition) is 5. The Kier molecular flexibility index (Phi) is 4.48. The molecular formula is C18H20N2O5. The number of carbonyl (C=O) groups excluding carboxylic acids is 2. The Morgan fingerprint density at radius 3 is 2.64 bits per heavy atom. The molecule has 1 fully saturated rings. The minimum absolute atomic E-state index is 0.0104. The maximum atomic E-state index is 12.5. The van der Waals surface area contributed by atoms with Gasteiger partial charge in [-0.25, -0.2) is 4.79 Å². The van der Waals surface area contributed by atoms with Crippen molar-refractivity contribution in [3.05, 3.63) is 39.7 Å². The molecule has 2 aromatic rings. The van der Waals surface area contributed by atoms with Gasteiger partial charge in [-0.05, 0) is 37.5 Å². The monoisotopic (exact) mass is 344 g/mol. The number of amides is 2. The minimum Gasteiger partial charge on any atom is -0.508 e. The van der Waals surface area contributed by atoms with E-state index in [2.05, 4.69) is 0 Å². The summed E-state index contributed by atoms with van der Waals surface area (Å²) in [6.45, 7) is 2.68. The molecule has 7 nitrogen and oxygen atoms in total. The first-order valence-electron chi connectivity index (χ1n) is 8.19. The van der Waals surface area contributed by atoms with Crippen molar-refractivity contribution >= 4 is 22.8 Å². The molecule has 7 heteroatoms. The van der Waals surface area contributed by atoms with E-state index in [4.69, 9.17) is 10.2 Å². The van der Waals surface area contributed by atoms with Crippen LogP contribution in [0.25, 0.3) is 11.0 Å². The van der Waals surface area contributed by atoms with Gasteiger partial charge in [-0.3, -0.25) is 9.59 Å². The lowest BCUT2D eigenvalue weighted by atomic mass is 9.95. The van der Waals surface area contributed by atoms with Crippen molar-refractivity contribution < 1.29 is 19.1 Å². The first-order chi connectivity index (χ1) is 11.9. The van der Waals surface area contributed by atoms with Crippen molar-refractivity contribution in [2.24, 2.45) is 11.7 Å². The Balaban J connectivity index is 1.81. The van der Waals surface area contributed by atoms with Crippen LogP contribution in [0, 0.1) is 12.8 Å². The summed E-state index contributed by atoms with van der Waals surface area (Å²) in [5, 5.41) is 10.2. The number of aryl methyl sites for hydroxylation is 1. The van der Waals surface area contributed by atoms with Gasteiger partial charge in [0.2, 0.25) is 11.8 Å². The molecule has 3 rings (SSSR count). The number of benzene rings is 1. The van der Waals surface area contributed by atoms with Gasteiger partial charge in [0.15, 0.2) is 0 Å². The van der Waals surface area contributed by atoms with Crippen molar-refractivity contribution in [1.29, 1.82) is 0 Å². The molecule has 0 saturated carbocycles. The number of likely N-dealkylation sites (tertiary alicyclic amines) is 1. The number of piperidine rings is 1. The Morgan fingerprint density at radius 1 is 1.32 bits per heavy atom. The second-order valence-corrected chi connectivity index (χ2v) is 6.41. The van der Waals surface area contributed by atoms with E-state index < -0.39 is 5.63 Å². The third kappa shape index (κ3) is 3.35. The Bertz CT molecular complexity index is 894. The summed E-state index contributed by atoms with van der Waals surface area (Å²) in [7, 11) is 0. The van der Waals surface area contributed by atoms with Crippen LogP contribution in [-0.2, 0) is 16.0 Å². The van der Waals surface area contributed by atoms with Crippen LogP contribution in [0.3, 0.4) is 0 Å². The Morgan fingerprint density at radius 2 is 2.00 bits per heavy atom.